The van der Waals surface area contributed by atoms with E-state index < -0.39 is 5.60 Å². The Morgan fingerprint density at radius 3 is 2.24 bits per heavy atom. The molecule has 3 aliphatic heterocycles. The molecule has 178 valence electrons. The van der Waals surface area contributed by atoms with Gasteiger partial charge in [-0.25, -0.2) is 0 Å². The molecule has 0 spiro atoms. The van der Waals surface area contributed by atoms with Gasteiger partial charge in [0, 0.05) is 25.2 Å². The summed E-state index contributed by atoms with van der Waals surface area (Å²) in [6, 6.07) is 20.3. The van der Waals surface area contributed by atoms with Crippen molar-refractivity contribution in [2.45, 2.75) is 55.2 Å². The van der Waals surface area contributed by atoms with E-state index in [9.17, 15) is 5.11 Å². The Morgan fingerprint density at radius 1 is 0.939 bits per heavy atom. The number of piperidine rings is 3. The van der Waals surface area contributed by atoms with Crippen LogP contribution in [0.1, 0.15) is 44.1 Å². The smallest absolute Gasteiger partial charge is 0.171 e. The third kappa shape index (κ3) is 4.75. The number of aliphatic hydroxyl groups is 1. The number of rotatable bonds is 10. The van der Waals surface area contributed by atoms with Gasteiger partial charge in [0.1, 0.15) is 17.5 Å². The Morgan fingerprint density at radius 2 is 1.61 bits per heavy atom. The second-order valence-corrected chi connectivity index (χ2v) is 11.2. The van der Waals surface area contributed by atoms with Crippen LogP contribution in [0.2, 0.25) is 0 Å². The summed E-state index contributed by atoms with van der Waals surface area (Å²) in [5.74, 6) is 1.83. The average Bonchev–Trinajstić information content (AvgIpc) is 2.82. The average molecular weight is 516 g/mol. The third-order valence-corrected chi connectivity index (χ3v) is 9.85. The highest BCUT2D eigenvalue weighted by molar-refractivity contribution is 9.09. The summed E-state index contributed by atoms with van der Waals surface area (Å²) >= 11 is 4.08. The fraction of sp³-hybridized carbons (Fsp3) is 0.571. The van der Waals surface area contributed by atoms with Gasteiger partial charge in [-0.05, 0) is 52.4 Å². The summed E-state index contributed by atoms with van der Waals surface area (Å²) < 4.78 is 13.7. The van der Waals surface area contributed by atoms with Gasteiger partial charge in [-0.3, -0.25) is 0 Å². The van der Waals surface area contributed by atoms with Crippen LogP contribution >= 0.6 is 15.9 Å². The monoisotopic (exact) mass is 514 g/mol. The van der Waals surface area contributed by atoms with E-state index >= 15 is 0 Å². The van der Waals surface area contributed by atoms with E-state index in [4.69, 9.17) is 9.47 Å². The van der Waals surface area contributed by atoms with Crippen molar-refractivity contribution in [3.63, 3.8) is 0 Å². The molecule has 1 aliphatic carbocycles. The highest BCUT2D eigenvalue weighted by Gasteiger charge is 2.54. The van der Waals surface area contributed by atoms with Crippen molar-refractivity contribution in [2.24, 2.45) is 11.8 Å². The molecule has 2 aromatic carbocycles. The van der Waals surface area contributed by atoms with Gasteiger partial charge in [0.15, 0.2) is 4.95 Å². The molecular formula is C28H37BrNO3+. The van der Waals surface area contributed by atoms with Gasteiger partial charge in [-0.1, -0.05) is 55.0 Å². The van der Waals surface area contributed by atoms with Crippen LogP contribution < -0.4 is 4.74 Å². The molecule has 4 fully saturated rings. The number of hydrogen-bond donors (Lipinski definition) is 1. The van der Waals surface area contributed by atoms with Crippen molar-refractivity contribution in [3.8, 4) is 5.75 Å². The van der Waals surface area contributed by atoms with Crippen molar-refractivity contribution in [2.75, 3.05) is 32.8 Å². The molecule has 1 N–H and O–H groups in total. The Kier molecular flexibility index (Phi) is 7.12. The first-order valence-electron chi connectivity index (χ1n) is 12.7. The van der Waals surface area contributed by atoms with E-state index in [1.54, 1.807) is 0 Å². The normalized spacial score (nSPS) is 31.0. The summed E-state index contributed by atoms with van der Waals surface area (Å²) in [7, 11) is 0. The molecule has 2 bridgehead atoms. The fourth-order valence-corrected chi connectivity index (χ4v) is 7.33. The predicted octanol–water partition coefficient (Wildman–Crippen LogP) is 5.49. The Balaban J connectivity index is 1.21. The SMILES string of the molecule is OC(COC1C2CC[N+](CCCOc3ccccc3)(CC2)C1Br)(c1ccccc1)C1CCC1. The topological polar surface area (TPSA) is 38.7 Å². The molecule has 4 aliphatic rings. The summed E-state index contributed by atoms with van der Waals surface area (Å²) in [5, 5.41) is 11.8. The first-order chi connectivity index (χ1) is 16.1. The van der Waals surface area contributed by atoms with Crippen LogP contribution in [0.4, 0.5) is 0 Å². The predicted molar refractivity (Wildman–Crippen MR) is 134 cm³/mol. The summed E-state index contributed by atoms with van der Waals surface area (Å²) in [6.07, 6.45) is 6.98. The van der Waals surface area contributed by atoms with Gasteiger partial charge < -0.3 is 19.1 Å². The second-order valence-electron chi connectivity index (χ2n) is 10.3. The van der Waals surface area contributed by atoms with Crippen LogP contribution in [0, 0.1) is 11.8 Å². The highest BCUT2D eigenvalue weighted by Crippen LogP contribution is 2.46. The molecule has 33 heavy (non-hydrogen) atoms. The lowest BCUT2D eigenvalue weighted by Gasteiger charge is -2.56. The van der Waals surface area contributed by atoms with E-state index in [1.165, 1.54) is 32.4 Å². The van der Waals surface area contributed by atoms with Crippen molar-refractivity contribution < 1.29 is 19.1 Å². The highest BCUT2D eigenvalue weighted by atomic mass is 79.9. The van der Waals surface area contributed by atoms with Gasteiger partial charge in [-0.15, -0.1) is 0 Å². The Bertz CT molecular complexity index is 883. The number of benzene rings is 2. The minimum absolute atomic E-state index is 0.151. The minimum atomic E-state index is -0.882. The number of fused-ring (bicyclic) bond motifs is 3. The van der Waals surface area contributed by atoms with Crippen LogP contribution in [0.25, 0.3) is 0 Å². The number of alkyl halides is 1. The van der Waals surface area contributed by atoms with E-state index in [2.05, 4.69) is 28.1 Å². The van der Waals surface area contributed by atoms with E-state index in [0.717, 1.165) is 48.2 Å². The first kappa shape index (κ1) is 23.3. The molecule has 3 heterocycles. The molecule has 3 atom stereocenters. The lowest BCUT2D eigenvalue weighted by atomic mass is 9.70. The lowest BCUT2D eigenvalue weighted by molar-refractivity contribution is -0.955. The second kappa shape index (κ2) is 10.1. The number of halogens is 1. The van der Waals surface area contributed by atoms with Crippen molar-refractivity contribution >= 4 is 15.9 Å². The van der Waals surface area contributed by atoms with E-state index in [1.807, 2.05) is 48.5 Å². The number of quaternary nitrogens is 1. The number of nitrogens with zero attached hydrogens (tertiary/aromatic N) is 1. The quantitative estimate of drug-likeness (QED) is 0.197. The molecular weight excluding hydrogens is 478 g/mol. The maximum Gasteiger partial charge on any atom is 0.171 e. The summed E-state index contributed by atoms with van der Waals surface area (Å²) in [4.78, 5) is 0.281. The number of hydrogen-bond acceptors (Lipinski definition) is 3. The molecule has 5 heteroatoms. The Labute approximate surface area is 206 Å². The van der Waals surface area contributed by atoms with Crippen LogP contribution in [0.5, 0.6) is 5.75 Å². The van der Waals surface area contributed by atoms with Crippen LogP contribution in [0.15, 0.2) is 60.7 Å². The molecule has 3 saturated heterocycles. The third-order valence-electron chi connectivity index (χ3n) is 8.46. The summed E-state index contributed by atoms with van der Waals surface area (Å²) in [5.41, 5.74) is 0.121. The maximum absolute atomic E-state index is 11.8. The summed E-state index contributed by atoms with van der Waals surface area (Å²) in [6.45, 7) is 4.64. The molecule has 0 amide bonds. The molecule has 0 radical (unpaired) electrons. The fourth-order valence-electron chi connectivity index (χ4n) is 6.13. The van der Waals surface area contributed by atoms with Gasteiger partial charge >= 0.3 is 0 Å². The lowest BCUT2D eigenvalue weighted by Crippen LogP contribution is -2.68. The van der Waals surface area contributed by atoms with E-state index in [0.29, 0.717) is 18.4 Å². The molecule has 3 unspecified atom stereocenters. The van der Waals surface area contributed by atoms with Gasteiger partial charge in [0.05, 0.1) is 32.8 Å². The first-order valence-corrected chi connectivity index (χ1v) is 13.6. The van der Waals surface area contributed by atoms with Crippen molar-refractivity contribution in [3.05, 3.63) is 66.2 Å². The zero-order valence-corrected chi connectivity index (χ0v) is 21.0. The van der Waals surface area contributed by atoms with Crippen LogP contribution in [0.3, 0.4) is 0 Å². The molecule has 4 nitrogen and oxygen atoms in total. The maximum atomic E-state index is 11.8. The number of ether oxygens (including phenoxy) is 2. The van der Waals surface area contributed by atoms with Crippen LogP contribution in [-0.2, 0) is 10.3 Å². The molecule has 2 aromatic rings. The van der Waals surface area contributed by atoms with Crippen molar-refractivity contribution in [1.82, 2.24) is 0 Å². The number of para-hydroxylation sites is 1. The largest absolute Gasteiger partial charge is 0.493 e. The van der Waals surface area contributed by atoms with Gasteiger partial charge in [0.2, 0.25) is 0 Å². The van der Waals surface area contributed by atoms with Crippen molar-refractivity contribution in [1.29, 1.82) is 0 Å². The van der Waals surface area contributed by atoms with E-state index in [-0.39, 0.29) is 11.1 Å². The van der Waals surface area contributed by atoms with Crippen LogP contribution in [-0.4, -0.2) is 53.5 Å². The molecule has 0 aromatic heterocycles. The zero-order chi connectivity index (χ0) is 22.7. The zero-order valence-electron chi connectivity index (χ0n) is 19.4. The molecule has 1 saturated carbocycles. The minimum Gasteiger partial charge on any atom is -0.493 e. The van der Waals surface area contributed by atoms with Gasteiger partial charge in [-0.2, -0.15) is 0 Å². The Hall–Kier alpha value is -1.40. The van der Waals surface area contributed by atoms with Gasteiger partial charge in [0.25, 0.3) is 0 Å². The standard InChI is InChI=1S/C28H37BrNO3/c29-27-26(33-21-28(31,24-11-7-12-24)23-9-3-1-4-10-23)22-15-18-30(27,19-16-22)17-8-20-32-25-13-5-2-6-14-25/h1-6,9-10,13-14,22,24,26-27,31H,7-8,11-12,15-21H2/q+1. The molecule has 6 rings (SSSR count).